The van der Waals surface area contributed by atoms with Gasteiger partial charge in [0.15, 0.2) is 0 Å². The molecule has 0 bridgehead atoms. The summed E-state index contributed by atoms with van der Waals surface area (Å²) in [4.78, 5) is 13.7. The number of rotatable bonds is 3. The summed E-state index contributed by atoms with van der Waals surface area (Å²) in [7, 11) is 0. The standard InChI is InChI=1S/C13H13Br2F2NO/c14-3-1-8-2-4-18(7-8)13(19)12-10(16)5-9(15)6-11(12)17/h5-6,8H,1-4,7H2. The van der Waals surface area contributed by atoms with Crippen molar-refractivity contribution in [2.45, 2.75) is 12.8 Å². The fourth-order valence-corrected chi connectivity index (χ4v) is 3.36. The zero-order chi connectivity index (χ0) is 14.0. The topological polar surface area (TPSA) is 20.3 Å². The number of carbonyl (C=O) groups excluding carboxylic acids is 1. The van der Waals surface area contributed by atoms with E-state index in [0.717, 1.165) is 30.3 Å². The van der Waals surface area contributed by atoms with Gasteiger partial charge in [-0.1, -0.05) is 31.9 Å². The van der Waals surface area contributed by atoms with Crippen LogP contribution in [-0.2, 0) is 0 Å². The van der Waals surface area contributed by atoms with Gasteiger partial charge in [-0.25, -0.2) is 8.78 Å². The van der Waals surface area contributed by atoms with Crippen molar-refractivity contribution in [2.75, 3.05) is 18.4 Å². The maximum Gasteiger partial charge on any atom is 0.259 e. The normalized spacial score (nSPS) is 18.9. The van der Waals surface area contributed by atoms with E-state index < -0.39 is 23.1 Å². The number of hydrogen-bond donors (Lipinski definition) is 0. The van der Waals surface area contributed by atoms with Gasteiger partial charge in [-0.15, -0.1) is 0 Å². The Morgan fingerprint density at radius 3 is 2.58 bits per heavy atom. The molecule has 104 valence electrons. The number of carbonyl (C=O) groups is 1. The Balaban J connectivity index is 2.17. The Morgan fingerprint density at radius 2 is 2.00 bits per heavy atom. The zero-order valence-electron chi connectivity index (χ0n) is 10.1. The average Bonchev–Trinajstić information content (AvgIpc) is 2.76. The van der Waals surface area contributed by atoms with Crippen LogP contribution in [0.4, 0.5) is 8.78 Å². The van der Waals surface area contributed by atoms with Gasteiger partial charge in [-0.2, -0.15) is 0 Å². The third-order valence-electron chi connectivity index (χ3n) is 3.31. The van der Waals surface area contributed by atoms with Crippen molar-refractivity contribution < 1.29 is 13.6 Å². The molecule has 0 saturated carbocycles. The molecule has 1 aromatic rings. The predicted molar refractivity (Wildman–Crippen MR) is 76.5 cm³/mol. The van der Waals surface area contributed by atoms with E-state index in [4.69, 9.17) is 0 Å². The summed E-state index contributed by atoms with van der Waals surface area (Å²) >= 11 is 6.36. The van der Waals surface area contributed by atoms with Crippen LogP contribution in [0.5, 0.6) is 0 Å². The summed E-state index contributed by atoms with van der Waals surface area (Å²) in [6.07, 6.45) is 1.85. The molecule has 0 aromatic heterocycles. The first-order valence-corrected chi connectivity index (χ1v) is 7.94. The van der Waals surface area contributed by atoms with E-state index in [9.17, 15) is 13.6 Å². The third kappa shape index (κ3) is 3.34. The van der Waals surface area contributed by atoms with Gasteiger partial charge in [0, 0.05) is 22.9 Å². The molecule has 6 heteroatoms. The Bertz CT molecular complexity index is 473. The Morgan fingerprint density at radius 1 is 1.37 bits per heavy atom. The summed E-state index contributed by atoms with van der Waals surface area (Å²) in [5, 5.41) is 0.876. The van der Waals surface area contributed by atoms with Gasteiger partial charge in [0.05, 0.1) is 0 Å². The number of likely N-dealkylation sites (tertiary alicyclic amines) is 1. The van der Waals surface area contributed by atoms with E-state index in [-0.39, 0.29) is 4.47 Å². The average molecular weight is 397 g/mol. The molecule has 0 N–H and O–H groups in total. The highest BCUT2D eigenvalue weighted by Gasteiger charge is 2.29. The lowest BCUT2D eigenvalue weighted by molar-refractivity contribution is 0.0777. The smallest absolute Gasteiger partial charge is 0.259 e. The monoisotopic (exact) mass is 395 g/mol. The van der Waals surface area contributed by atoms with Crippen LogP contribution < -0.4 is 0 Å². The van der Waals surface area contributed by atoms with Crippen molar-refractivity contribution in [1.29, 1.82) is 0 Å². The summed E-state index contributed by atoms with van der Waals surface area (Å²) in [5.41, 5.74) is -0.456. The third-order valence-corrected chi connectivity index (χ3v) is 4.23. The lowest BCUT2D eigenvalue weighted by Crippen LogP contribution is -2.30. The second-order valence-corrected chi connectivity index (χ2v) is 6.34. The van der Waals surface area contributed by atoms with Gasteiger partial charge in [-0.3, -0.25) is 4.79 Å². The number of nitrogens with zero attached hydrogens (tertiary/aromatic N) is 1. The summed E-state index contributed by atoms with van der Waals surface area (Å²) < 4.78 is 27.8. The number of halogens is 4. The van der Waals surface area contributed by atoms with Crippen LogP contribution in [0.25, 0.3) is 0 Å². The van der Waals surface area contributed by atoms with Crippen molar-refractivity contribution >= 4 is 37.8 Å². The minimum Gasteiger partial charge on any atom is -0.338 e. The van der Waals surface area contributed by atoms with Crippen molar-refractivity contribution in [3.8, 4) is 0 Å². The van der Waals surface area contributed by atoms with Crippen molar-refractivity contribution in [2.24, 2.45) is 5.92 Å². The van der Waals surface area contributed by atoms with Crippen LogP contribution in [0.3, 0.4) is 0 Å². The molecule has 1 aliphatic rings. The van der Waals surface area contributed by atoms with E-state index in [2.05, 4.69) is 31.9 Å². The largest absolute Gasteiger partial charge is 0.338 e. The molecule has 2 nitrogen and oxygen atoms in total. The highest BCUT2D eigenvalue weighted by atomic mass is 79.9. The second kappa shape index (κ2) is 6.31. The van der Waals surface area contributed by atoms with Crippen LogP contribution >= 0.6 is 31.9 Å². The SMILES string of the molecule is O=C(c1c(F)cc(Br)cc1F)N1CCC(CCBr)C1. The first-order valence-electron chi connectivity index (χ1n) is 6.02. The van der Waals surface area contributed by atoms with Gasteiger partial charge in [0.1, 0.15) is 17.2 Å². The van der Waals surface area contributed by atoms with E-state index in [1.165, 1.54) is 4.90 Å². The zero-order valence-corrected chi connectivity index (χ0v) is 13.3. The minimum atomic E-state index is -0.819. The Hall–Kier alpha value is -0.490. The number of benzene rings is 1. The van der Waals surface area contributed by atoms with Crippen LogP contribution in [0.1, 0.15) is 23.2 Å². The second-order valence-electron chi connectivity index (χ2n) is 4.63. The maximum absolute atomic E-state index is 13.7. The van der Waals surface area contributed by atoms with E-state index in [0.29, 0.717) is 19.0 Å². The van der Waals surface area contributed by atoms with Crippen LogP contribution in [-0.4, -0.2) is 29.2 Å². The molecule has 1 unspecified atom stereocenters. The minimum absolute atomic E-state index is 0.289. The highest BCUT2D eigenvalue weighted by Crippen LogP contribution is 2.25. The molecular formula is C13H13Br2F2NO. The first kappa shape index (κ1) is 14.9. The predicted octanol–water partition coefficient (Wildman–Crippen LogP) is 3.97. The molecule has 1 saturated heterocycles. The van der Waals surface area contributed by atoms with E-state index >= 15 is 0 Å². The van der Waals surface area contributed by atoms with Gasteiger partial charge in [0.2, 0.25) is 0 Å². The molecule has 1 fully saturated rings. The highest BCUT2D eigenvalue weighted by molar-refractivity contribution is 9.10. The molecule has 19 heavy (non-hydrogen) atoms. The van der Waals surface area contributed by atoms with Gasteiger partial charge < -0.3 is 4.90 Å². The molecular weight excluding hydrogens is 384 g/mol. The molecule has 0 spiro atoms. The van der Waals surface area contributed by atoms with Crippen molar-refractivity contribution in [3.05, 3.63) is 33.8 Å². The first-order chi connectivity index (χ1) is 9.02. The van der Waals surface area contributed by atoms with E-state index in [1.807, 2.05) is 0 Å². The molecule has 1 atom stereocenters. The van der Waals surface area contributed by atoms with Gasteiger partial charge >= 0.3 is 0 Å². The fourth-order valence-electron chi connectivity index (χ4n) is 2.31. The molecule has 1 aromatic carbocycles. The lowest BCUT2D eigenvalue weighted by atomic mass is 10.1. The van der Waals surface area contributed by atoms with Gasteiger partial charge in [-0.05, 0) is 30.9 Å². The van der Waals surface area contributed by atoms with Crippen LogP contribution in [0.2, 0.25) is 0 Å². The Labute approximate surface area is 127 Å². The molecule has 1 amide bonds. The molecule has 0 radical (unpaired) electrons. The molecule has 1 aliphatic heterocycles. The summed E-state index contributed by atoms with van der Waals surface area (Å²) in [6.45, 7) is 1.13. The molecule has 2 rings (SSSR count). The molecule has 0 aliphatic carbocycles. The number of hydrogen-bond acceptors (Lipinski definition) is 1. The lowest BCUT2D eigenvalue weighted by Gasteiger charge is -2.17. The summed E-state index contributed by atoms with van der Waals surface area (Å²) in [5.74, 6) is -1.79. The molecule has 1 heterocycles. The number of alkyl halides is 1. The van der Waals surface area contributed by atoms with Gasteiger partial charge in [0.25, 0.3) is 5.91 Å². The quantitative estimate of drug-likeness (QED) is 0.708. The maximum atomic E-state index is 13.7. The Kier molecular flexibility index (Phi) is 4.95. The fraction of sp³-hybridized carbons (Fsp3) is 0.462. The van der Waals surface area contributed by atoms with Crippen molar-refractivity contribution in [1.82, 2.24) is 4.90 Å². The summed E-state index contributed by atoms with van der Waals surface area (Å²) in [6, 6.07) is 2.23. The van der Waals surface area contributed by atoms with Crippen LogP contribution in [0.15, 0.2) is 16.6 Å². The van der Waals surface area contributed by atoms with Crippen LogP contribution in [0, 0.1) is 17.6 Å². The van der Waals surface area contributed by atoms with Crippen molar-refractivity contribution in [3.63, 3.8) is 0 Å². The number of amides is 1. The van der Waals surface area contributed by atoms with E-state index in [1.54, 1.807) is 0 Å².